The number of hydrogen-bond donors (Lipinski definition) is 4. The molecular weight excluding hydrogens is 795 g/mol. The van der Waals surface area contributed by atoms with Crippen LogP contribution in [0.25, 0.3) is 44.5 Å². The minimum Gasteiger partial charge on any atom is -0.453 e. The lowest BCUT2D eigenvalue weighted by atomic mass is 9.90. The van der Waals surface area contributed by atoms with E-state index in [0.29, 0.717) is 71.0 Å². The minimum atomic E-state index is -0.699. The van der Waals surface area contributed by atoms with Gasteiger partial charge in [0.05, 0.1) is 60.4 Å². The van der Waals surface area contributed by atoms with Gasteiger partial charge in [-0.3, -0.25) is 9.59 Å². The molecular formula is C45H53N9O8. The summed E-state index contributed by atoms with van der Waals surface area (Å²) >= 11 is 0. The second-order valence-electron chi connectivity index (χ2n) is 16.6. The van der Waals surface area contributed by atoms with Gasteiger partial charge in [0.1, 0.15) is 23.7 Å². The number of carbonyl (C=O) groups excluding carboxylic acids is 4. The molecule has 0 aliphatic carbocycles. The first-order valence-corrected chi connectivity index (χ1v) is 21.7. The normalized spacial score (nSPS) is 20.9. The molecule has 4 atom stereocenters. The first-order chi connectivity index (χ1) is 30.3. The van der Waals surface area contributed by atoms with Crippen LogP contribution in [-0.2, 0) is 28.5 Å². The Kier molecular flexibility index (Phi) is 12.1. The standard InChI is InChI=1S/C45H53N9O8/c1-59-44(57)51-38(26-13-19-61-20-14-26)42(55)53-17-3-5-36(53)40-46-25-35(50-40)29-8-11-31-28(23-29)7-10-32(47-31)30-9-12-33-34(24-30)49-41(48-33)37-6-4-18-54(37)43(56)39(52-45(58)60-2)27-15-21-62-22-16-27/h7-12,23-27,36-39H,3-6,13-22H2,1-2H3,(H,46,50)(H,48,49)(H,51,57)(H,52,58). The summed E-state index contributed by atoms with van der Waals surface area (Å²) in [5.74, 6) is 1.10. The Morgan fingerprint density at radius 1 is 0.677 bits per heavy atom. The second kappa shape index (κ2) is 18.1. The van der Waals surface area contributed by atoms with Crippen LogP contribution < -0.4 is 10.6 Å². The van der Waals surface area contributed by atoms with E-state index in [2.05, 4.69) is 32.7 Å². The molecule has 0 spiro atoms. The van der Waals surface area contributed by atoms with E-state index in [1.165, 1.54) is 14.2 Å². The van der Waals surface area contributed by atoms with E-state index in [-0.39, 0.29) is 35.7 Å². The van der Waals surface area contributed by atoms with Crippen LogP contribution in [0.15, 0.2) is 54.7 Å². The van der Waals surface area contributed by atoms with Gasteiger partial charge in [-0.25, -0.2) is 24.5 Å². The number of hydrogen-bond acceptors (Lipinski definition) is 11. The van der Waals surface area contributed by atoms with Gasteiger partial charge in [-0.15, -0.1) is 0 Å². The van der Waals surface area contributed by atoms with Crippen molar-refractivity contribution in [3.8, 4) is 22.5 Å². The number of likely N-dealkylation sites (tertiary alicyclic amines) is 2. The number of amides is 4. The average molecular weight is 848 g/mol. The molecule has 17 heteroatoms. The topological polar surface area (TPSA) is 206 Å². The number of benzene rings is 2. The number of rotatable bonds is 10. The van der Waals surface area contributed by atoms with Crippen molar-refractivity contribution in [3.05, 3.63) is 66.4 Å². The number of carbonyl (C=O) groups is 4. The van der Waals surface area contributed by atoms with Crippen molar-refractivity contribution in [1.29, 1.82) is 0 Å². The number of nitrogens with one attached hydrogen (secondary N) is 4. The van der Waals surface area contributed by atoms with Crippen LogP contribution in [-0.4, -0.2) is 125 Å². The Labute approximate surface area is 358 Å². The third-order valence-corrected chi connectivity index (χ3v) is 13.0. The molecule has 9 rings (SSSR count). The van der Waals surface area contributed by atoms with Crippen LogP contribution in [0.4, 0.5) is 9.59 Å². The number of fused-ring (bicyclic) bond motifs is 2. The van der Waals surface area contributed by atoms with Crippen LogP contribution in [0.3, 0.4) is 0 Å². The third-order valence-electron chi connectivity index (χ3n) is 13.0. The minimum absolute atomic E-state index is 0.0378. The molecule has 4 N–H and O–H groups in total. The lowest BCUT2D eigenvalue weighted by Crippen LogP contribution is -2.53. The molecule has 4 fully saturated rings. The highest BCUT2D eigenvalue weighted by Gasteiger charge is 2.42. The number of nitrogens with zero attached hydrogens (tertiary/aromatic N) is 5. The molecule has 7 heterocycles. The summed E-state index contributed by atoms with van der Waals surface area (Å²) < 4.78 is 20.8. The van der Waals surface area contributed by atoms with Gasteiger partial charge in [0, 0.05) is 56.0 Å². The molecule has 2 aromatic carbocycles. The summed E-state index contributed by atoms with van der Waals surface area (Å²) in [5, 5.41) is 6.59. The summed E-state index contributed by atoms with van der Waals surface area (Å²) in [6.07, 6.45) is 6.50. The van der Waals surface area contributed by atoms with Crippen LogP contribution in [0.1, 0.15) is 75.1 Å². The van der Waals surface area contributed by atoms with E-state index < -0.39 is 24.3 Å². The Hall–Kier alpha value is -6.07. The van der Waals surface area contributed by atoms with Gasteiger partial charge in [0.15, 0.2) is 0 Å². The highest BCUT2D eigenvalue weighted by molar-refractivity contribution is 5.89. The monoisotopic (exact) mass is 847 g/mol. The smallest absolute Gasteiger partial charge is 0.407 e. The molecule has 17 nitrogen and oxygen atoms in total. The van der Waals surface area contributed by atoms with Crippen molar-refractivity contribution < 1.29 is 38.1 Å². The molecule has 4 aliphatic heterocycles. The fourth-order valence-corrected chi connectivity index (χ4v) is 9.67. The summed E-state index contributed by atoms with van der Waals surface area (Å²) in [5.41, 5.74) is 5.99. The van der Waals surface area contributed by atoms with Crippen molar-refractivity contribution in [2.24, 2.45) is 11.8 Å². The summed E-state index contributed by atoms with van der Waals surface area (Å²) in [7, 11) is 2.61. The Bertz CT molecular complexity index is 2440. The number of pyridine rings is 1. The van der Waals surface area contributed by atoms with Gasteiger partial charge in [-0.05, 0) is 93.5 Å². The number of alkyl carbamates (subject to hydrolysis) is 2. The van der Waals surface area contributed by atoms with Gasteiger partial charge in [0.2, 0.25) is 11.8 Å². The summed E-state index contributed by atoms with van der Waals surface area (Å²) in [4.78, 5) is 78.1. The van der Waals surface area contributed by atoms with Gasteiger partial charge in [-0.1, -0.05) is 18.2 Å². The number of H-pyrrole nitrogens is 2. The van der Waals surface area contributed by atoms with E-state index in [4.69, 9.17) is 33.9 Å². The number of ether oxygens (including phenoxy) is 4. The maximum atomic E-state index is 14.1. The van der Waals surface area contributed by atoms with E-state index in [0.717, 1.165) is 76.0 Å². The molecule has 0 saturated carbocycles. The lowest BCUT2D eigenvalue weighted by molar-refractivity contribution is -0.137. The predicted molar refractivity (Wildman–Crippen MR) is 228 cm³/mol. The molecule has 0 bridgehead atoms. The number of aromatic amines is 2. The predicted octanol–water partition coefficient (Wildman–Crippen LogP) is 5.80. The number of aromatic nitrogens is 5. The van der Waals surface area contributed by atoms with Crippen molar-refractivity contribution in [1.82, 2.24) is 45.4 Å². The molecule has 3 aromatic heterocycles. The molecule has 4 aliphatic rings. The van der Waals surface area contributed by atoms with Crippen molar-refractivity contribution in [2.75, 3.05) is 53.7 Å². The first kappa shape index (κ1) is 41.3. The number of methoxy groups -OCH3 is 2. The van der Waals surface area contributed by atoms with E-state index in [9.17, 15) is 19.2 Å². The van der Waals surface area contributed by atoms with E-state index in [1.807, 2.05) is 46.2 Å². The zero-order chi connectivity index (χ0) is 42.7. The molecule has 326 valence electrons. The Balaban J connectivity index is 0.900. The van der Waals surface area contributed by atoms with Crippen LogP contribution in [0, 0.1) is 11.8 Å². The largest absolute Gasteiger partial charge is 0.453 e. The van der Waals surface area contributed by atoms with Crippen LogP contribution in [0.2, 0.25) is 0 Å². The molecule has 4 saturated heterocycles. The maximum Gasteiger partial charge on any atom is 0.407 e. The van der Waals surface area contributed by atoms with E-state index in [1.54, 1.807) is 6.20 Å². The zero-order valence-corrected chi connectivity index (χ0v) is 35.1. The van der Waals surface area contributed by atoms with Crippen molar-refractivity contribution >= 4 is 45.9 Å². The quantitative estimate of drug-likeness (QED) is 0.132. The molecule has 4 amide bonds. The fraction of sp³-hybridized carbons (Fsp3) is 0.489. The molecule has 5 aromatic rings. The number of imidazole rings is 2. The van der Waals surface area contributed by atoms with Crippen LogP contribution in [0.5, 0.6) is 0 Å². The lowest BCUT2D eigenvalue weighted by Gasteiger charge is -2.34. The molecule has 0 radical (unpaired) electrons. The highest BCUT2D eigenvalue weighted by atomic mass is 16.5. The van der Waals surface area contributed by atoms with Crippen LogP contribution >= 0.6 is 0 Å². The summed E-state index contributed by atoms with van der Waals surface area (Å²) in [6.45, 7) is 3.36. The van der Waals surface area contributed by atoms with Gasteiger partial charge >= 0.3 is 12.2 Å². The van der Waals surface area contributed by atoms with Gasteiger partial charge in [0.25, 0.3) is 0 Å². The summed E-state index contributed by atoms with van der Waals surface area (Å²) in [6, 6.07) is 14.3. The second-order valence-corrected chi connectivity index (χ2v) is 16.6. The third kappa shape index (κ3) is 8.42. The molecule has 4 unspecified atom stereocenters. The molecule has 62 heavy (non-hydrogen) atoms. The Morgan fingerprint density at radius 2 is 1.26 bits per heavy atom. The SMILES string of the molecule is COC(=O)NC(C(=O)N1CCCC1c1ncc(-c2ccc3nc(-c4ccc5nc(C6CCCN6C(=O)C(NC(=O)OC)C6CCOCC6)[nH]c5c4)ccc3c2)[nH]1)C1CCOCC1. The fourth-order valence-electron chi connectivity index (χ4n) is 9.67. The van der Waals surface area contributed by atoms with Crippen molar-refractivity contribution in [2.45, 2.75) is 75.5 Å². The first-order valence-electron chi connectivity index (χ1n) is 21.7. The van der Waals surface area contributed by atoms with Gasteiger partial charge < -0.3 is 49.3 Å². The Morgan fingerprint density at radius 3 is 1.87 bits per heavy atom. The van der Waals surface area contributed by atoms with Gasteiger partial charge in [-0.2, -0.15) is 0 Å². The van der Waals surface area contributed by atoms with Crippen molar-refractivity contribution in [3.63, 3.8) is 0 Å². The highest BCUT2D eigenvalue weighted by Crippen LogP contribution is 2.36. The average Bonchev–Trinajstić information content (AvgIpc) is 4.16. The van der Waals surface area contributed by atoms with E-state index >= 15 is 0 Å². The maximum absolute atomic E-state index is 14.1. The zero-order valence-electron chi connectivity index (χ0n) is 35.1.